The summed E-state index contributed by atoms with van der Waals surface area (Å²) in [7, 11) is 0. The minimum Gasteiger partial charge on any atom is -0.478 e. The predicted octanol–water partition coefficient (Wildman–Crippen LogP) is 1.42. The van der Waals surface area contributed by atoms with Crippen LogP contribution in [0.5, 0.6) is 0 Å². The Morgan fingerprint density at radius 1 is 1.59 bits per heavy atom. The topological polar surface area (TPSA) is 73.7 Å². The molecule has 1 aromatic heterocycles. The van der Waals surface area contributed by atoms with Crippen LogP contribution in [-0.2, 0) is 0 Å². The van der Waals surface area contributed by atoms with Gasteiger partial charge in [0.2, 0.25) is 0 Å². The fourth-order valence-corrected chi connectivity index (χ4v) is 1.54. The van der Waals surface area contributed by atoms with Crippen LogP contribution in [0.3, 0.4) is 0 Å². The van der Waals surface area contributed by atoms with Gasteiger partial charge in [0, 0.05) is 13.1 Å². The first kappa shape index (κ1) is 13.5. The third-order valence-corrected chi connectivity index (χ3v) is 2.30. The van der Waals surface area contributed by atoms with Crippen molar-refractivity contribution in [3.8, 4) is 0 Å². The van der Waals surface area contributed by atoms with Gasteiger partial charge in [-0.2, -0.15) is 0 Å². The van der Waals surface area contributed by atoms with Crippen LogP contribution < -0.4 is 4.90 Å². The maximum absolute atomic E-state index is 11.0. The highest BCUT2D eigenvalue weighted by atomic mass is 35.5. The van der Waals surface area contributed by atoms with Gasteiger partial charge in [-0.05, 0) is 12.1 Å². The molecule has 0 saturated carbocycles. The third kappa shape index (κ3) is 3.44. The molecule has 92 valence electrons. The molecule has 17 heavy (non-hydrogen) atoms. The quantitative estimate of drug-likeness (QED) is 0.595. The lowest BCUT2D eigenvalue weighted by atomic mass is 10.2. The first-order valence-corrected chi connectivity index (χ1v) is 5.34. The van der Waals surface area contributed by atoms with Crippen LogP contribution in [0.2, 0.25) is 5.15 Å². The van der Waals surface area contributed by atoms with Gasteiger partial charge in [0.25, 0.3) is 0 Å². The van der Waals surface area contributed by atoms with Crippen molar-refractivity contribution in [1.82, 2.24) is 4.98 Å². The Hall–Kier alpha value is -1.59. The average Bonchev–Trinajstić information content (AvgIpc) is 2.28. The van der Waals surface area contributed by atoms with Crippen LogP contribution >= 0.6 is 11.6 Å². The maximum Gasteiger partial charge on any atom is 0.339 e. The van der Waals surface area contributed by atoms with Crippen molar-refractivity contribution in [2.45, 2.75) is 0 Å². The summed E-state index contributed by atoms with van der Waals surface area (Å²) in [6.45, 7) is 4.11. The molecular formula is C11H13ClN2O3. The lowest BCUT2D eigenvalue weighted by molar-refractivity contribution is 0.0697. The van der Waals surface area contributed by atoms with Crippen molar-refractivity contribution >= 4 is 23.4 Å². The zero-order chi connectivity index (χ0) is 12.8. The molecule has 0 atom stereocenters. The molecule has 0 spiro atoms. The van der Waals surface area contributed by atoms with E-state index in [0.29, 0.717) is 6.54 Å². The summed E-state index contributed by atoms with van der Waals surface area (Å²) < 4.78 is 0. The third-order valence-electron chi connectivity index (χ3n) is 2.09. The molecule has 0 saturated heterocycles. The fourth-order valence-electron chi connectivity index (χ4n) is 1.39. The number of hydrogen-bond acceptors (Lipinski definition) is 4. The summed E-state index contributed by atoms with van der Waals surface area (Å²) in [4.78, 5) is 16.6. The number of carboxylic acid groups (broad SMARTS) is 1. The molecule has 0 unspecified atom stereocenters. The second-order valence-corrected chi connectivity index (χ2v) is 3.66. The standard InChI is InChI=1S/C11H13ClN2O3/c1-2-5-14(6-7-15)10-8(11(16)17)3-4-9(12)13-10/h2-4,15H,1,5-7H2,(H,16,17). The van der Waals surface area contributed by atoms with Gasteiger partial charge < -0.3 is 15.1 Å². The number of carbonyl (C=O) groups is 1. The molecule has 2 N–H and O–H groups in total. The Kier molecular flexibility index (Phi) is 4.93. The molecule has 0 aliphatic rings. The smallest absolute Gasteiger partial charge is 0.339 e. The van der Waals surface area contributed by atoms with Crippen LogP contribution in [0.25, 0.3) is 0 Å². The number of pyridine rings is 1. The highest BCUT2D eigenvalue weighted by Crippen LogP contribution is 2.20. The summed E-state index contributed by atoms with van der Waals surface area (Å²) in [5.74, 6) is -0.852. The zero-order valence-electron chi connectivity index (χ0n) is 9.14. The number of aromatic carboxylic acids is 1. The zero-order valence-corrected chi connectivity index (χ0v) is 9.89. The van der Waals surface area contributed by atoms with Crippen LogP contribution in [0, 0.1) is 0 Å². The summed E-state index contributed by atoms with van der Waals surface area (Å²) in [5.41, 5.74) is 0.0460. The van der Waals surface area contributed by atoms with Crippen molar-refractivity contribution in [2.24, 2.45) is 0 Å². The van der Waals surface area contributed by atoms with Gasteiger partial charge in [0.15, 0.2) is 0 Å². The lowest BCUT2D eigenvalue weighted by Crippen LogP contribution is -2.29. The molecule has 6 heteroatoms. The molecule has 0 fully saturated rings. The Balaban J connectivity index is 3.18. The average molecular weight is 257 g/mol. The van der Waals surface area contributed by atoms with E-state index in [0.717, 1.165) is 0 Å². The number of nitrogens with zero attached hydrogens (tertiary/aromatic N) is 2. The van der Waals surface area contributed by atoms with E-state index < -0.39 is 5.97 Å². The SMILES string of the molecule is C=CCN(CCO)c1nc(Cl)ccc1C(=O)O. The van der Waals surface area contributed by atoms with Crippen LogP contribution in [0.1, 0.15) is 10.4 Å². The van der Waals surface area contributed by atoms with Crippen LogP contribution in [0.15, 0.2) is 24.8 Å². The van der Waals surface area contributed by atoms with Crippen molar-refractivity contribution in [1.29, 1.82) is 0 Å². The van der Waals surface area contributed by atoms with Gasteiger partial charge in [-0.25, -0.2) is 9.78 Å². The van der Waals surface area contributed by atoms with Crippen LogP contribution in [-0.4, -0.2) is 40.9 Å². The van der Waals surface area contributed by atoms with Gasteiger partial charge >= 0.3 is 5.97 Å². The highest BCUT2D eigenvalue weighted by molar-refractivity contribution is 6.29. The molecule has 0 amide bonds. The molecule has 1 aromatic rings. The molecule has 1 rings (SSSR count). The van der Waals surface area contributed by atoms with Gasteiger partial charge in [0.05, 0.1) is 6.61 Å². The van der Waals surface area contributed by atoms with Gasteiger partial charge in [-0.1, -0.05) is 17.7 Å². The number of halogens is 1. The van der Waals surface area contributed by atoms with Crippen molar-refractivity contribution in [2.75, 3.05) is 24.6 Å². The van der Waals surface area contributed by atoms with E-state index in [9.17, 15) is 4.79 Å². The predicted molar refractivity (Wildman–Crippen MR) is 65.7 cm³/mol. The van der Waals surface area contributed by atoms with Gasteiger partial charge in [-0.15, -0.1) is 6.58 Å². The number of carboxylic acids is 1. The van der Waals surface area contributed by atoms with Gasteiger partial charge in [-0.3, -0.25) is 0 Å². The van der Waals surface area contributed by atoms with E-state index in [-0.39, 0.29) is 29.7 Å². The Morgan fingerprint density at radius 2 is 2.29 bits per heavy atom. The largest absolute Gasteiger partial charge is 0.478 e. The molecule has 0 aliphatic carbocycles. The summed E-state index contributed by atoms with van der Waals surface area (Å²) in [6.07, 6.45) is 1.60. The molecule has 0 aromatic carbocycles. The second-order valence-electron chi connectivity index (χ2n) is 3.27. The fraction of sp³-hybridized carbons (Fsp3) is 0.273. The maximum atomic E-state index is 11.0. The number of anilines is 1. The van der Waals surface area contributed by atoms with E-state index in [1.54, 1.807) is 11.0 Å². The molecule has 0 radical (unpaired) electrons. The number of aliphatic hydroxyl groups is 1. The van der Waals surface area contributed by atoms with Crippen molar-refractivity contribution in [3.05, 3.63) is 35.5 Å². The Labute approximate surface area is 104 Å². The van der Waals surface area contributed by atoms with Crippen molar-refractivity contribution < 1.29 is 15.0 Å². The van der Waals surface area contributed by atoms with Gasteiger partial charge in [0.1, 0.15) is 16.5 Å². The highest BCUT2D eigenvalue weighted by Gasteiger charge is 2.17. The summed E-state index contributed by atoms with van der Waals surface area (Å²) in [6, 6.07) is 2.81. The number of hydrogen-bond donors (Lipinski definition) is 2. The molecular weight excluding hydrogens is 244 g/mol. The molecule has 5 nitrogen and oxygen atoms in total. The normalized spacial score (nSPS) is 10.0. The number of aromatic nitrogens is 1. The van der Waals surface area contributed by atoms with E-state index >= 15 is 0 Å². The molecule has 1 heterocycles. The minimum atomic E-state index is -1.09. The van der Waals surface area contributed by atoms with E-state index in [1.165, 1.54) is 12.1 Å². The summed E-state index contributed by atoms with van der Waals surface area (Å²) >= 11 is 5.75. The Bertz CT molecular complexity index is 423. The Morgan fingerprint density at radius 3 is 2.82 bits per heavy atom. The van der Waals surface area contributed by atoms with E-state index in [2.05, 4.69) is 11.6 Å². The first-order valence-electron chi connectivity index (χ1n) is 4.96. The number of rotatable bonds is 6. The minimum absolute atomic E-state index is 0.0460. The molecule has 0 aliphatic heterocycles. The first-order chi connectivity index (χ1) is 8.10. The van der Waals surface area contributed by atoms with E-state index in [1.807, 2.05) is 0 Å². The lowest BCUT2D eigenvalue weighted by Gasteiger charge is -2.22. The summed E-state index contributed by atoms with van der Waals surface area (Å²) in [5, 5.41) is 18.2. The monoisotopic (exact) mass is 256 g/mol. The van der Waals surface area contributed by atoms with Crippen molar-refractivity contribution in [3.63, 3.8) is 0 Å². The van der Waals surface area contributed by atoms with Crippen LogP contribution in [0.4, 0.5) is 5.82 Å². The second kappa shape index (κ2) is 6.22. The van der Waals surface area contributed by atoms with E-state index in [4.69, 9.17) is 21.8 Å². The molecule has 0 bridgehead atoms. The number of aliphatic hydroxyl groups excluding tert-OH is 1.